The summed E-state index contributed by atoms with van der Waals surface area (Å²) in [4.78, 5) is 3.80. The summed E-state index contributed by atoms with van der Waals surface area (Å²) < 4.78 is 1.17. The van der Waals surface area contributed by atoms with Crippen LogP contribution in [0.4, 0.5) is 0 Å². The molecule has 0 aromatic carbocycles. The van der Waals surface area contributed by atoms with Gasteiger partial charge >= 0.3 is 0 Å². The fourth-order valence-corrected chi connectivity index (χ4v) is 4.94. The summed E-state index contributed by atoms with van der Waals surface area (Å²) in [5.74, 6) is 8.12. The Bertz CT molecular complexity index is 358. The first-order valence-electron chi connectivity index (χ1n) is 5.67. The molecule has 96 valence electrons. The van der Waals surface area contributed by atoms with Gasteiger partial charge in [-0.25, -0.2) is 0 Å². The van der Waals surface area contributed by atoms with E-state index in [9.17, 15) is 0 Å². The van der Waals surface area contributed by atoms with Crippen LogP contribution in [0.2, 0.25) is 0 Å². The van der Waals surface area contributed by atoms with Crippen molar-refractivity contribution in [2.45, 2.75) is 18.5 Å². The Morgan fingerprint density at radius 2 is 2.53 bits per heavy atom. The van der Waals surface area contributed by atoms with Crippen LogP contribution in [0.25, 0.3) is 0 Å². The molecular formula is C11H18BrN3S2. The van der Waals surface area contributed by atoms with Gasteiger partial charge in [0.15, 0.2) is 0 Å². The Kier molecular flexibility index (Phi) is 5.32. The first-order chi connectivity index (χ1) is 8.20. The summed E-state index contributed by atoms with van der Waals surface area (Å²) >= 11 is 7.31. The predicted octanol–water partition coefficient (Wildman–Crippen LogP) is 1.93. The van der Waals surface area contributed by atoms with Gasteiger partial charge in [0.05, 0.1) is 0 Å². The lowest BCUT2D eigenvalue weighted by atomic mass is 10.0. The number of rotatable bonds is 4. The van der Waals surface area contributed by atoms with Crippen LogP contribution in [0.3, 0.4) is 0 Å². The monoisotopic (exact) mass is 335 g/mol. The van der Waals surface area contributed by atoms with Crippen LogP contribution in [0, 0.1) is 0 Å². The third-order valence-corrected chi connectivity index (χ3v) is 5.93. The van der Waals surface area contributed by atoms with E-state index in [1.54, 1.807) is 11.3 Å². The molecule has 0 amide bonds. The van der Waals surface area contributed by atoms with E-state index in [0.717, 1.165) is 18.7 Å². The maximum absolute atomic E-state index is 5.73. The van der Waals surface area contributed by atoms with E-state index in [1.165, 1.54) is 15.1 Å². The van der Waals surface area contributed by atoms with Gasteiger partial charge in [-0.2, -0.15) is 11.8 Å². The zero-order valence-corrected chi connectivity index (χ0v) is 13.1. The van der Waals surface area contributed by atoms with E-state index in [1.807, 2.05) is 11.8 Å². The summed E-state index contributed by atoms with van der Waals surface area (Å²) in [6.45, 7) is 1.15. The fourth-order valence-electron chi connectivity index (χ4n) is 2.11. The summed E-state index contributed by atoms with van der Waals surface area (Å²) in [5, 5.41) is 2.13. The number of nitrogens with zero attached hydrogens (tertiary/aromatic N) is 1. The van der Waals surface area contributed by atoms with Crippen molar-refractivity contribution in [3.05, 3.63) is 20.8 Å². The number of likely N-dealkylation sites (N-methyl/N-ethyl adjacent to an activating group) is 1. The molecule has 0 bridgehead atoms. The van der Waals surface area contributed by atoms with Crippen molar-refractivity contribution in [2.24, 2.45) is 5.84 Å². The van der Waals surface area contributed by atoms with Gasteiger partial charge in [-0.1, -0.05) is 0 Å². The minimum atomic E-state index is 0.332. The molecule has 2 rings (SSSR count). The van der Waals surface area contributed by atoms with E-state index in [2.05, 4.69) is 44.7 Å². The zero-order chi connectivity index (χ0) is 12.3. The van der Waals surface area contributed by atoms with Crippen LogP contribution in [0.15, 0.2) is 15.9 Å². The number of hydrogen-bond donors (Lipinski definition) is 2. The largest absolute Gasteiger partial charge is 0.300 e. The van der Waals surface area contributed by atoms with Gasteiger partial charge in [-0.3, -0.25) is 11.3 Å². The molecule has 1 aromatic rings. The van der Waals surface area contributed by atoms with Gasteiger partial charge in [0, 0.05) is 51.3 Å². The molecule has 0 spiro atoms. The van der Waals surface area contributed by atoms with Gasteiger partial charge < -0.3 is 4.90 Å². The highest BCUT2D eigenvalue weighted by Crippen LogP contribution is 2.24. The SMILES string of the molecule is CN1CCSCC1C(Cc1cc(Br)cs1)NN. The summed E-state index contributed by atoms with van der Waals surface area (Å²) in [6, 6.07) is 3.04. The number of nitrogens with two attached hydrogens (primary N) is 1. The highest BCUT2D eigenvalue weighted by atomic mass is 79.9. The van der Waals surface area contributed by atoms with Crippen LogP contribution >= 0.6 is 39.0 Å². The average Bonchev–Trinajstić information content (AvgIpc) is 2.73. The molecule has 6 heteroatoms. The maximum Gasteiger partial charge on any atom is 0.0422 e. The van der Waals surface area contributed by atoms with Crippen molar-refractivity contribution >= 4 is 39.0 Å². The second kappa shape index (κ2) is 6.54. The number of hydrogen-bond acceptors (Lipinski definition) is 5. The average molecular weight is 336 g/mol. The third-order valence-electron chi connectivity index (χ3n) is 3.16. The molecular weight excluding hydrogens is 318 g/mol. The highest BCUT2D eigenvalue weighted by Gasteiger charge is 2.27. The van der Waals surface area contributed by atoms with Crippen LogP contribution in [-0.4, -0.2) is 42.1 Å². The quantitative estimate of drug-likeness (QED) is 0.651. The first-order valence-corrected chi connectivity index (χ1v) is 8.50. The normalized spacial score (nSPS) is 23.8. The lowest BCUT2D eigenvalue weighted by molar-refractivity contribution is 0.214. The Labute approximate surface area is 119 Å². The molecule has 2 heterocycles. The number of nitrogens with one attached hydrogen (secondary N) is 1. The second-order valence-corrected chi connectivity index (χ2v) is 7.39. The molecule has 0 radical (unpaired) electrons. The van der Waals surface area contributed by atoms with Crippen molar-refractivity contribution in [2.75, 3.05) is 25.1 Å². The summed E-state index contributed by atoms with van der Waals surface area (Å²) in [7, 11) is 2.19. The number of halogens is 1. The van der Waals surface area contributed by atoms with Crippen LogP contribution in [-0.2, 0) is 6.42 Å². The smallest absolute Gasteiger partial charge is 0.0422 e. The zero-order valence-electron chi connectivity index (χ0n) is 9.86. The lowest BCUT2D eigenvalue weighted by Crippen LogP contribution is -2.55. The second-order valence-electron chi connectivity index (χ2n) is 4.33. The van der Waals surface area contributed by atoms with Crippen LogP contribution in [0.5, 0.6) is 0 Å². The van der Waals surface area contributed by atoms with Crippen LogP contribution < -0.4 is 11.3 Å². The minimum Gasteiger partial charge on any atom is -0.300 e. The number of thioether (sulfide) groups is 1. The van der Waals surface area contributed by atoms with Crippen molar-refractivity contribution < 1.29 is 0 Å². The fraction of sp³-hybridized carbons (Fsp3) is 0.636. The maximum atomic E-state index is 5.73. The Hall–Kier alpha value is 0.410. The van der Waals surface area contributed by atoms with Gasteiger partial charge in [0.2, 0.25) is 0 Å². The van der Waals surface area contributed by atoms with E-state index in [0.29, 0.717) is 12.1 Å². The molecule has 17 heavy (non-hydrogen) atoms. The third kappa shape index (κ3) is 3.68. The minimum absolute atomic E-state index is 0.332. The highest BCUT2D eigenvalue weighted by molar-refractivity contribution is 9.10. The molecule has 2 atom stereocenters. The van der Waals surface area contributed by atoms with Crippen molar-refractivity contribution in [1.82, 2.24) is 10.3 Å². The van der Waals surface area contributed by atoms with Gasteiger partial charge in [-0.15, -0.1) is 11.3 Å². The van der Waals surface area contributed by atoms with E-state index in [4.69, 9.17) is 5.84 Å². The standard InChI is InChI=1S/C11H18BrN3S2/c1-15-2-3-16-7-11(15)10(14-13)5-9-4-8(12)6-17-9/h4,6,10-11,14H,2-3,5,7,13H2,1H3. The Morgan fingerprint density at radius 1 is 1.71 bits per heavy atom. The molecule has 3 nitrogen and oxygen atoms in total. The van der Waals surface area contributed by atoms with E-state index < -0.39 is 0 Å². The first kappa shape index (κ1) is 13.8. The molecule has 1 aliphatic rings. The molecule has 0 saturated carbocycles. The van der Waals surface area contributed by atoms with Crippen molar-refractivity contribution in [1.29, 1.82) is 0 Å². The number of thiophene rings is 1. The summed E-state index contributed by atoms with van der Waals surface area (Å²) in [5.41, 5.74) is 3.00. The van der Waals surface area contributed by atoms with Crippen LogP contribution in [0.1, 0.15) is 4.88 Å². The number of hydrazine groups is 1. The lowest BCUT2D eigenvalue weighted by Gasteiger charge is -2.37. The van der Waals surface area contributed by atoms with Crippen molar-refractivity contribution in [3.8, 4) is 0 Å². The topological polar surface area (TPSA) is 41.3 Å². The molecule has 1 aliphatic heterocycles. The Morgan fingerprint density at radius 3 is 3.12 bits per heavy atom. The molecule has 1 saturated heterocycles. The van der Waals surface area contributed by atoms with E-state index >= 15 is 0 Å². The Balaban J connectivity index is 2.00. The predicted molar refractivity (Wildman–Crippen MR) is 80.6 cm³/mol. The molecule has 3 N–H and O–H groups in total. The van der Waals surface area contributed by atoms with Gasteiger partial charge in [0.25, 0.3) is 0 Å². The molecule has 2 unspecified atom stereocenters. The van der Waals surface area contributed by atoms with E-state index in [-0.39, 0.29) is 0 Å². The van der Waals surface area contributed by atoms with Crippen molar-refractivity contribution in [3.63, 3.8) is 0 Å². The molecule has 0 aliphatic carbocycles. The summed E-state index contributed by atoms with van der Waals surface area (Å²) in [6.07, 6.45) is 1.00. The molecule has 1 fully saturated rings. The van der Waals surface area contributed by atoms with Gasteiger partial charge in [-0.05, 0) is 29.0 Å². The van der Waals surface area contributed by atoms with Gasteiger partial charge in [0.1, 0.15) is 0 Å². The molecule has 1 aromatic heterocycles.